The molecule has 0 aliphatic carbocycles. The van der Waals surface area contributed by atoms with Crippen LogP contribution in [0.15, 0.2) is 35.5 Å². The summed E-state index contributed by atoms with van der Waals surface area (Å²) in [4.78, 5) is 12.0. The maximum absolute atomic E-state index is 13.0. The lowest BCUT2D eigenvalue weighted by Gasteiger charge is -2.23. The van der Waals surface area contributed by atoms with Crippen LogP contribution in [0.5, 0.6) is 0 Å². The minimum Gasteiger partial charge on any atom is -0.462 e. The van der Waals surface area contributed by atoms with Crippen LogP contribution < -0.4 is 4.31 Å². The summed E-state index contributed by atoms with van der Waals surface area (Å²) in [5.74, 6) is -0.708. The van der Waals surface area contributed by atoms with Gasteiger partial charge in [-0.2, -0.15) is 13.5 Å². The van der Waals surface area contributed by atoms with E-state index in [-0.39, 0.29) is 23.2 Å². The summed E-state index contributed by atoms with van der Waals surface area (Å²) in [6.07, 6.45) is 1.80. The summed E-state index contributed by atoms with van der Waals surface area (Å²) in [5, 5.41) is 5.91. The van der Waals surface area contributed by atoms with Crippen LogP contribution in [0.4, 0.5) is 5.69 Å². The van der Waals surface area contributed by atoms with Gasteiger partial charge in [-0.15, -0.1) is 0 Å². The highest BCUT2D eigenvalue weighted by Crippen LogP contribution is 2.36. The Labute approximate surface area is 134 Å². The number of hydrogen-bond donors (Lipinski definition) is 1. The lowest BCUT2D eigenvalue weighted by atomic mass is 10.1. The smallest absolute Gasteiger partial charge is 0.342 e. The molecule has 1 unspecified atom stereocenters. The van der Waals surface area contributed by atoms with E-state index in [1.807, 2.05) is 19.1 Å². The third kappa shape index (κ3) is 2.48. The van der Waals surface area contributed by atoms with Gasteiger partial charge >= 0.3 is 5.97 Å². The third-order valence-corrected chi connectivity index (χ3v) is 5.66. The van der Waals surface area contributed by atoms with Gasteiger partial charge in [-0.3, -0.25) is 9.40 Å². The normalized spacial score (nSPS) is 17.1. The fourth-order valence-electron chi connectivity index (χ4n) is 2.83. The number of benzene rings is 1. The summed E-state index contributed by atoms with van der Waals surface area (Å²) in [6, 6.07) is 7.09. The number of para-hydroxylation sites is 1. The van der Waals surface area contributed by atoms with Crippen molar-refractivity contribution in [3.8, 4) is 0 Å². The number of sulfonamides is 1. The Bertz CT molecular complexity index is 844. The molecule has 0 saturated carbocycles. The van der Waals surface area contributed by atoms with Gasteiger partial charge in [0.2, 0.25) is 0 Å². The number of nitrogens with zero attached hydrogens (tertiary/aromatic N) is 2. The number of carbonyl (C=O) groups is 1. The van der Waals surface area contributed by atoms with Gasteiger partial charge in [0.25, 0.3) is 10.0 Å². The van der Waals surface area contributed by atoms with E-state index >= 15 is 0 Å². The molecule has 0 saturated heterocycles. The molecule has 1 atom stereocenters. The van der Waals surface area contributed by atoms with Gasteiger partial charge in [-0.05, 0) is 31.9 Å². The van der Waals surface area contributed by atoms with Gasteiger partial charge in [0.15, 0.2) is 5.03 Å². The van der Waals surface area contributed by atoms with Crippen LogP contribution in [0.1, 0.15) is 29.8 Å². The average molecular weight is 335 g/mol. The molecule has 8 heteroatoms. The van der Waals surface area contributed by atoms with Crippen LogP contribution in [0.2, 0.25) is 0 Å². The van der Waals surface area contributed by atoms with E-state index in [1.165, 1.54) is 10.5 Å². The fourth-order valence-corrected chi connectivity index (χ4v) is 4.59. The Morgan fingerprint density at radius 2 is 2.17 bits per heavy atom. The molecule has 0 fully saturated rings. The number of fused-ring (bicyclic) bond motifs is 1. The molecule has 1 aliphatic heterocycles. The molecule has 122 valence electrons. The summed E-state index contributed by atoms with van der Waals surface area (Å²) in [5.41, 5.74) is 1.51. The Balaban J connectivity index is 2.07. The molecule has 1 aromatic heterocycles. The highest BCUT2D eigenvalue weighted by Gasteiger charge is 2.39. The van der Waals surface area contributed by atoms with Gasteiger partial charge in [0, 0.05) is 6.04 Å². The first-order chi connectivity index (χ1) is 11.0. The van der Waals surface area contributed by atoms with Crippen molar-refractivity contribution < 1.29 is 17.9 Å². The Morgan fingerprint density at radius 3 is 2.91 bits per heavy atom. The lowest BCUT2D eigenvalue weighted by Crippen LogP contribution is -2.36. The van der Waals surface area contributed by atoms with Crippen molar-refractivity contribution in [1.29, 1.82) is 0 Å². The lowest BCUT2D eigenvalue weighted by molar-refractivity contribution is 0.0522. The number of aromatic nitrogens is 2. The fraction of sp³-hybridized carbons (Fsp3) is 0.333. The molecule has 1 aliphatic rings. The van der Waals surface area contributed by atoms with E-state index in [4.69, 9.17) is 4.74 Å². The molecule has 0 radical (unpaired) electrons. The molecule has 0 amide bonds. The maximum atomic E-state index is 13.0. The second-order valence-electron chi connectivity index (χ2n) is 5.32. The van der Waals surface area contributed by atoms with Crippen LogP contribution >= 0.6 is 0 Å². The Kier molecular flexibility index (Phi) is 3.85. The highest BCUT2D eigenvalue weighted by molar-refractivity contribution is 7.92. The molecule has 2 heterocycles. The van der Waals surface area contributed by atoms with Gasteiger partial charge in [-0.25, -0.2) is 4.79 Å². The summed E-state index contributed by atoms with van der Waals surface area (Å²) in [6.45, 7) is 3.65. The van der Waals surface area contributed by atoms with Gasteiger partial charge in [0.05, 0.1) is 18.5 Å². The summed E-state index contributed by atoms with van der Waals surface area (Å²) < 4.78 is 32.3. The van der Waals surface area contributed by atoms with Crippen molar-refractivity contribution in [1.82, 2.24) is 10.2 Å². The van der Waals surface area contributed by atoms with E-state index in [0.717, 1.165) is 5.56 Å². The molecule has 0 spiro atoms. The number of ether oxygens (including phenoxy) is 1. The van der Waals surface area contributed by atoms with Crippen molar-refractivity contribution in [2.45, 2.75) is 31.3 Å². The second-order valence-corrected chi connectivity index (χ2v) is 7.07. The van der Waals surface area contributed by atoms with E-state index in [0.29, 0.717) is 12.1 Å². The van der Waals surface area contributed by atoms with Crippen LogP contribution in [0, 0.1) is 0 Å². The van der Waals surface area contributed by atoms with Gasteiger partial charge in [0.1, 0.15) is 5.56 Å². The van der Waals surface area contributed by atoms with Crippen LogP contribution in [0.3, 0.4) is 0 Å². The van der Waals surface area contributed by atoms with Gasteiger partial charge in [-0.1, -0.05) is 18.2 Å². The monoisotopic (exact) mass is 335 g/mol. The molecular weight excluding hydrogens is 318 g/mol. The minimum absolute atomic E-state index is 0.0802. The Hall–Kier alpha value is -2.35. The number of hydrogen-bond acceptors (Lipinski definition) is 5. The minimum atomic E-state index is -3.94. The number of nitrogens with one attached hydrogen (secondary N) is 1. The van der Waals surface area contributed by atoms with Crippen molar-refractivity contribution in [2.24, 2.45) is 0 Å². The molecule has 3 rings (SSSR count). The molecule has 23 heavy (non-hydrogen) atoms. The maximum Gasteiger partial charge on any atom is 0.342 e. The number of rotatable bonds is 4. The van der Waals surface area contributed by atoms with Crippen LogP contribution in [0.25, 0.3) is 0 Å². The SMILES string of the molecule is CCOC(=O)c1cn[nH]c1S(=O)(=O)N1c2ccccc2CC1C. The number of esters is 1. The summed E-state index contributed by atoms with van der Waals surface area (Å²) in [7, 11) is -3.94. The van der Waals surface area contributed by atoms with Crippen molar-refractivity contribution in [3.63, 3.8) is 0 Å². The zero-order valence-electron chi connectivity index (χ0n) is 12.8. The first-order valence-corrected chi connectivity index (χ1v) is 8.73. The number of H-pyrrole nitrogens is 1. The van der Waals surface area contributed by atoms with E-state index in [1.54, 1.807) is 19.1 Å². The van der Waals surface area contributed by atoms with Crippen LogP contribution in [-0.2, 0) is 21.2 Å². The molecule has 2 aromatic rings. The highest BCUT2D eigenvalue weighted by atomic mass is 32.2. The number of aromatic amines is 1. The number of anilines is 1. The standard InChI is InChI=1S/C15H17N3O4S/c1-3-22-15(19)12-9-16-17-14(12)23(20,21)18-10(2)8-11-6-4-5-7-13(11)18/h4-7,9-10H,3,8H2,1-2H3,(H,16,17). The van der Waals surface area contributed by atoms with Gasteiger partial charge < -0.3 is 4.74 Å². The molecule has 0 bridgehead atoms. The predicted octanol–water partition coefficient (Wildman–Crippen LogP) is 1.73. The first-order valence-electron chi connectivity index (χ1n) is 7.29. The average Bonchev–Trinajstić information content (AvgIpc) is 3.11. The quantitative estimate of drug-likeness (QED) is 0.859. The first kappa shape index (κ1) is 15.5. The van der Waals surface area contributed by atoms with E-state index < -0.39 is 16.0 Å². The third-order valence-electron chi connectivity index (χ3n) is 3.76. The molecule has 1 aromatic carbocycles. The molecule has 7 nitrogen and oxygen atoms in total. The van der Waals surface area contributed by atoms with Crippen LogP contribution in [-0.4, -0.2) is 37.2 Å². The van der Waals surface area contributed by atoms with Crippen molar-refractivity contribution >= 4 is 21.7 Å². The zero-order valence-corrected chi connectivity index (χ0v) is 13.6. The number of carbonyl (C=O) groups excluding carboxylic acids is 1. The van der Waals surface area contributed by atoms with E-state index in [2.05, 4.69) is 10.2 Å². The van der Waals surface area contributed by atoms with Crippen molar-refractivity contribution in [3.05, 3.63) is 41.6 Å². The zero-order chi connectivity index (χ0) is 16.6. The predicted molar refractivity (Wildman–Crippen MR) is 83.8 cm³/mol. The summed E-state index contributed by atoms with van der Waals surface area (Å²) >= 11 is 0. The topological polar surface area (TPSA) is 92.4 Å². The molecule has 1 N–H and O–H groups in total. The second kappa shape index (κ2) is 5.69. The van der Waals surface area contributed by atoms with Crippen molar-refractivity contribution in [2.75, 3.05) is 10.9 Å². The Morgan fingerprint density at radius 1 is 1.43 bits per heavy atom. The molecular formula is C15H17N3O4S. The van der Waals surface area contributed by atoms with E-state index in [9.17, 15) is 13.2 Å². The largest absolute Gasteiger partial charge is 0.462 e.